The van der Waals surface area contributed by atoms with E-state index in [1.807, 2.05) is 12.2 Å². The zero-order chi connectivity index (χ0) is 15.1. The predicted octanol–water partition coefficient (Wildman–Crippen LogP) is 0.666. The molecule has 0 bridgehead atoms. The maximum atomic E-state index is 2.57. The minimum Gasteiger partial charge on any atom is -1.00 e. The quantitative estimate of drug-likeness (QED) is 0.393. The van der Waals surface area contributed by atoms with E-state index in [0.29, 0.717) is 0 Å². The Kier molecular flexibility index (Phi) is 13.0. The van der Waals surface area contributed by atoms with Crippen molar-refractivity contribution in [1.82, 2.24) is 0 Å². The smallest absolute Gasteiger partial charge is 1.00 e. The van der Waals surface area contributed by atoms with Gasteiger partial charge in [-0.3, -0.25) is 0 Å². The van der Waals surface area contributed by atoms with Crippen molar-refractivity contribution in [3.63, 3.8) is 0 Å². The van der Waals surface area contributed by atoms with E-state index < -0.39 is 22.9 Å². The van der Waals surface area contributed by atoms with Gasteiger partial charge in [0.15, 0.2) is 0 Å². The molecule has 2 aliphatic carbocycles. The Bertz CT molecular complexity index is 484. The Hall–Kier alpha value is 0.410. The fraction of sp³-hybridized carbons (Fsp3) is 0.600. The molecule has 0 saturated heterocycles. The molecule has 0 unspecified atom stereocenters. The number of halogens is 2. The summed E-state index contributed by atoms with van der Waals surface area (Å²) in [5, 5.41) is 0. The average molecular weight is 520 g/mol. The van der Waals surface area contributed by atoms with Gasteiger partial charge in [-0.25, -0.2) is 0 Å². The Labute approximate surface area is 167 Å². The van der Waals surface area contributed by atoms with Crippen LogP contribution in [0.1, 0.15) is 78.6 Å². The van der Waals surface area contributed by atoms with E-state index in [9.17, 15) is 0 Å². The first-order chi connectivity index (χ1) is 10.3. The summed E-state index contributed by atoms with van der Waals surface area (Å²) < 4.78 is 3.81. The molecule has 128 valence electrons. The molecule has 0 aliphatic heterocycles. The van der Waals surface area contributed by atoms with E-state index in [0.717, 1.165) is 0 Å². The van der Waals surface area contributed by atoms with Gasteiger partial charge in [0.05, 0.1) is 0 Å². The third kappa shape index (κ3) is 6.67. The summed E-state index contributed by atoms with van der Waals surface area (Å²) in [4.78, 5) is 0. The zero-order valence-electron chi connectivity index (χ0n) is 14.9. The zero-order valence-corrected chi connectivity index (χ0v) is 20.0. The molecule has 23 heavy (non-hydrogen) atoms. The van der Waals surface area contributed by atoms with Crippen LogP contribution >= 0.6 is 0 Å². The first-order valence-corrected chi connectivity index (χ1v) is 12.5. The molecule has 2 aliphatic rings. The molecule has 3 heteroatoms. The molecule has 0 amide bonds. The monoisotopic (exact) mass is 520 g/mol. The summed E-state index contributed by atoms with van der Waals surface area (Å²) in [6.07, 6.45) is 19.3. The van der Waals surface area contributed by atoms with E-state index in [2.05, 4.69) is 39.0 Å². The number of rotatable bonds is 9. The molecule has 0 heterocycles. The first-order valence-electron chi connectivity index (χ1n) is 8.87. The minimum atomic E-state index is -0.797. The minimum absolute atomic E-state index is 0. The molecule has 0 atom stereocenters. The van der Waals surface area contributed by atoms with Gasteiger partial charge in [0.25, 0.3) is 0 Å². The van der Waals surface area contributed by atoms with Gasteiger partial charge in [0, 0.05) is 0 Å². The van der Waals surface area contributed by atoms with Crippen LogP contribution in [0.25, 0.3) is 0 Å². The van der Waals surface area contributed by atoms with Crippen LogP contribution in [0.3, 0.4) is 0 Å². The topological polar surface area (TPSA) is 0 Å². The number of hydrogen-bond donors (Lipinski definition) is 0. The van der Waals surface area contributed by atoms with Gasteiger partial charge in [0.2, 0.25) is 0 Å². The fourth-order valence-corrected chi connectivity index (χ4v) is 9.35. The molecular weight excluding hydrogens is 490 g/mol. The van der Waals surface area contributed by atoms with Crippen LogP contribution in [-0.2, 0) is 22.9 Å². The number of unbranched alkanes of at least 4 members (excludes halogenated alkanes) is 1. The van der Waals surface area contributed by atoms with Crippen LogP contribution in [0, 0.1) is 0 Å². The van der Waals surface area contributed by atoms with Crippen LogP contribution in [0.4, 0.5) is 0 Å². The molecule has 0 nitrogen and oxygen atoms in total. The fourth-order valence-electron chi connectivity index (χ4n) is 3.31. The third-order valence-corrected chi connectivity index (χ3v) is 10.7. The van der Waals surface area contributed by atoms with Gasteiger partial charge in [-0.2, -0.15) is 0 Å². The van der Waals surface area contributed by atoms with Crippen molar-refractivity contribution >= 4 is 0 Å². The van der Waals surface area contributed by atoms with Gasteiger partial charge in [-0.15, -0.1) is 0 Å². The maximum absolute atomic E-state index is 2.57. The molecule has 0 N–H and O–H groups in total. The Morgan fingerprint density at radius 2 is 1.65 bits per heavy atom. The molecule has 0 fully saturated rings. The molecule has 0 aromatic rings. The Balaban J connectivity index is 0.00000242. The van der Waals surface area contributed by atoms with Crippen molar-refractivity contribution in [3.05, 3.63) is 41.6 Å². The number of allylic oxidation sites excluding steroid dienone is 8. The van der Waals surface area contributed by atoms with Gasteiger partial charge in [-0.1, -0.05) is 0 Å². The second-order valence-electron chi connectivity index (χ2n) is 6.25. The Morgan fingerprint density at radius 3 is 2.30 bits per heavy atom. The van der Waals surface area contributed by atoms with E-state index in [1.54, 1.807) is 11.1 Å². The summed E-state index contributed by atoms with van der Waals surface area (Å²) in [6, 6.07) is 0. The van der Waals surface area contributed by atoms with Crippen molar-refractivity contribution in [1.29, 1.82) is 0 Å². The second-order valence-corrected chi connectivity index (χ2v) is 11.1. The summed E-state index contributed by atoms with van der Waals surface area (Å²) in [5.74, 6) is 0. The summed E-state index contributed by atoms with van der Waals surface area (Å²) in [6.45, 7) is 6.96. The average Bonchev–Trinajstić information content (AvgIpc) is 3.07. The van der Waals surface area contributed by atoms with E-state index >= 15 is 0 Å². The molecule has 0 aromatic heterocycles. The second kappa shape index (κ2) is 12.7. The number of hydrogen-bond acceptors (Lipinski definition) is 0. The normalized spacial score (nSPS) is 16.2. The summed E-state index contributed by atoms with van der Waals surface area (Å²) in [7, 11) is 0. The molecule has 0 saturated carbocycles. The predicted molar refractivity (Wildman–Crippen MR) is 89.9 cm³/mol. The third-order valence-electron chi connectivity index (χ3n) is 4.44. The van der Waals surface area contributed by atoms with Gasteiger partial charge < -0.3 is 24.8 Å². The summed E-state index contributed by atoms with van der Waals surface area (Å²) >= 11 is -0.797. The van der Waals surface area contributed by atoms with Crippen LogP contribution in [0.2, 0.25) is 0 Å². The van der Waals surface area contributed by atoms with Crippen molar-refractivity contribution in [3.8, 4) is 0 Å². The van der Waals surface area contributed by atoms with Gasteiger partial charge >= 0.3 is 143 Å². The van der Waals surface area contributed by atoms with Crippen LogP contribution in [0.15, 0.2) is 41.6 Å². The van der Waals surface area contributed by atoms with Gasteiger partial charge in [0.1, 0.15) is 0 Å². The van der Waals surface area contributed by atoms with Crippen LogP contribution in [-0.4, -0.2) is 0 Å². The SMILES string of the molecule is CCCCC1=CCC(CCC)=[C]1[Hf+2][C]1=C(CCC)C=CC1.[Cl-].[Cl-]. The maximum Gasteiger partial charge on any atom is -1.00 e. The molecular formula is C20H30Cl2Hf. The van der Waals surface area contributed by atoms with Crippen LogP contribution in [0.5, 0.6) is 0 Å². The van der Waals surface area contributed by atoms with Gasteiger partial charge in [-0.05, 0) is 0 Å². The van der Waals surface area contributed by atoms with Crippen molar-refractivity contribution in [2.45, 2.75) is 78.6 Å². The van der Waals surface area contributed by atoms with E-state index in [1.165, 1.54) is 57.8 Å². The molecule has 0 spiro atoms. The summed E-state index contributed by atoms with van der Waals surface area (Å²) in [5.41, 5.74) is 5.30. The van der Waals surface area contributed by atoms with Crippen molar-refractivity contribution < 1.29 is 47.7 Å². The molecule has 0 radical (unpaired) electrons. The molecule has 2 rings (SSSR count). The Morgan fingerprint density at radius 1 is 0.913 bits per heavy atom. The van der Waals surface area contributed by atoms with Crippen molar-refractivity contribution in [2.24, 2.45) is 0 Å². The van der Waals surface area contributed by atoms with Crippen LogP contribution < -0.4 is 24.8 Å². The largest absolute Gasteiger partial charge is 1.00 e. The van der Waals surface area contributed by atoms with Crippen molar-refractivity contribution in [2.75, 3.05) is 0 Å². The van der Waals surface area contributed by atoms with E-state index in [-0.39, 0.29) is 24.8 Å². The molecule has 0 aromatic carbocycles. The first kappa shape index (κ1) is 23.4. The standard InChI is InChI=1S/C12H19.C8H11.2ClH.Hf/c1-3-5-7-12-9-8-11(10-12)6-4-2;1-2-5-8-6-3-4-7-8;;;/h9H,3-8H2,1-2H3;3,6H,2,4-5H2,1H3;2*1H;/q;;;;+2/p-2. The van der Waals surface area contributed by atoms with E-state index in [4.69, 9.17) is 0 Å².